The Bertz CT molecular complexity index is 574. The van der Waals surface area contributed by atoms with Crippen molar-refractivity contribution in [1.29, 1.82) is 5.26 Å². The average molecular weight is 282 g/mol. The highest BCUT2D eigenvalue weighted by molar-refractivity contribution is 8.01. The van der Waals surface area contributed by atoms with Crippen LogP contribution >= 0.6 is 34.9 Å². The summed E-state index contributed by atoms with van der Waals surface area (Å²) in [5.41, 5.74) is 0.566. The molecule has 0 N–H and O–H groups in total. The SMILES string of the molecule is CCc1nsc(Sc2ccc(Cl)cc2C#N)n1. The largest absolute Gasteiger partial charge is 0.213 e. The number of aromatic nitrogens is 2. The number of nitrogens with zero attached hydrogens (tertiary/aromatic N) is 3. The van der Waals surface area contributed by atoms with Gasteiger partial charge in [0, 0.05) is 16.3 Å². The second-order valence-corrected chi connectivity index (χ2v) is 5.66. The molecule has 6 heteroatoms. The van der Waals surface area contributed by atoms with Gasteiger partial charge < -0.3 is 0 Å². The topological polar surface area (TPSA) is 49.6 Å². The minimum Gasteiger partial charge on any atom is -0.213 e. The molecule has 1 heterocycles. The summed E-state index contributed by atoms with van der Waals surface area (Å²) in [5, 5.41) is 9.58. The van der Waals surface area contributed by atoms with Crippen molar-refractivity contribution in [3.63, 3.8) is 0 Å². The van der Waals surface area contributed by atoms with Gasteiger partial charge in [-0.3, -0.25) is 0 Å². The van der Waals surface area contributed by atoms with E-state index in [-0.39, 0.29) is 0 Å². The summed E-state index contributed by atoms with van der Waals surface area (Å²) in [7, 11) is 0. The third-order valence-corrected chi connectivity index (χ3v) is 4.13. The smallest absolute Gasteiger partial charge is 0.174 e. The molecule has 0 amide bonds. The van der Waals surface area contributed by atoms with E-state index in [2.05, 4.69) is 15.4 Å². The maximum atomic E-state index is 9.02. The molecule has 0 aliphatic carbocycles. The Morgan fingerprint density at radius 2 is 2.35 bits per heavy atom. The fourth-order valence-corrected chi connectivity index (χ4v) is 3.09. The van der Waals surface area contributed by atoms with Gasteiger partial charge in [-0.05, 0) is 29.7 Å². The highest BCUT2D eigenvalue weighted by Gasteiger charge is 2.08. The molecule has 1 aromatic carbocycles. The molecule has 3 nitrogen and oxygen atoms in total. The van der Waals surface area contributed by atoms with Gasteiger partial charge in [0.05, 0.1) is 5.56 Å². The van der Waals surface area contributed by atoms with Crippen LogP contribution in [0.4, 0.5) is 0 Å². The Balaban J connectivity index is 2.27. The number of benzene rings is 1. The van der Waals surface area contributed by atoms with Gasteiger partial charge in [0.15, 0.2) is 4.34 Å². The zero-order chi connectivity index (χ0) is 12.3. The lowest BCUT2D eigenvalue weighted by molar-refractivity contribution is 0.971. The standard InChI is InChI=1S/C11H8ClN3S2/c1-2-10-14-11(17-15-10)16-9-4-3-8(12)5-7(9)6-13/h3-5H,2H2,1H3. The molecule has 0 spiro atoms. The molecule has 0 unspecified atom stereocenters. The maximum Gasteiger partial charge on any atom is 0.174 e. The van der Waals surface area contributed by atoms with Crippen LogP contribution in [0, 0.1) is 11.3 Å². The van der Waals surface area contributed by atoms with Crippen molar-refractivity contribution in [3.05, 3.63) is 34.6 Å². The van der Waals surface area contributed by atoms with Crippen molar-refractivity contribution in [1.82, 2.24) is 9.36 Å². The van der Waals surface area contributed by atoms with Gasteiger partial charge in [-0.1, -0.05) is 30.3 Å². The Morgan fingerprint density at radius 1 is 1.53 bits per heavy atom. The Morgan fingerprint density at radius 3 is 3.00 bits per heavy atom. The first-order valence-corrected chi connectivity index (χ1v) is 6.89. The van der Waals surface area contributed by atoms with Crippen molar-refractivity contribution < 1.29 is 0 Å². The van der Waals surface area contributed by atoms with E-state index in [1.807, 2.05) is 13.0 Å². The van der Waals surface area contributed by atoms with Crippen LogP contribution in [0.1, 0.15) is 18.3 Å². The van der Waals surface area contributed by atoms with Gasteiger partial charge in [-0.15, -0.1) is 0 Å². The molecule has 17 heavy (non-hydrogen) atoms. The maximum absolute atomic E-state index is 9.02. The van der Waals surface area contributed by atoms with E-state index in [0.717, 1.165) is 21.5 Å². The zero-order valence-corrected chi connectivity index (χ0v) is 11.4. The van der Waals surface area contributed by atoms with Crippen LogP contribution in [0.2, 0.25) is 5.02 Å². The van der Waals surface area contributed by atoms with Gasteiger partial charge in [-0.2, -0.15) is 9.64 Å². The first-order valence-electron chi connectivity index (χ1n) is 4.93. The van der Waals surface area contributed by atoms with Crippen LogP contribution in [0.25, 0.3) is 0 Å². The molecule has 0 radical (unpaired) electrons. The number of hydrogen-bond donors (Lipinski definition) is 0. The van der Waals surface area contributed by atoms with Crippen LogP contribution in [0.5, 0.6) is 0 Å². The molecule has 0 saturated heterocycles. The summed E-state index contributed by atoms with van der Waals surface area (Å²) in [4.78, 5) is 5.21. The van der Waals surface area contributed by atoms with Gasteiger partial charge >= 0.3 is 0 Å². The molecule has 2 rings (SSSR count). The molecule has 0 atom stereocenters. The van der Waals surface area contributed by atoms with Gasteiger partial charge in [0.1, 0.15) is 11.9 Å². The van der Waals surface area contributed by atoms with Crippen LogP contribution in [-0.2, 0) is 6.42 Å². The van der Waals surface area contributed by atoms with Crippen molar-refractivity contribution in [2.24, 2.45) is 0 Å². The summed E-state index contributed by atoms with van der Waals surface area (Å²) in [6.45, 7) is 2.01. The van der Waals surface area contributed by atoms with E-state index in [1.54, 1.807) is 12.1 Å². The fourth-order valence-electron chi connectivity index (χ4n) is 1.20. The van der Waals surface area contributed by atoms with Crippen LogP contribution in [0.3, 0.4) is 0 Å². The summed E-state index contributed by atoms with van der Waals surface area (Å²) in [6, 6.07) is 7.39. The van der Waals surface area contributed by atoms with E-state index in [1.165, 1.54) is 23.3 Å². The molecular weight excluding hydrogens is 274 g/mol. The summed E-state index contributed by atoms with van der Waals surface area (Å²) >= 11 is 8.64. The highest BCUT2D eigenvalue weighted by atomic mass is 35.5. The Hall–Kier alpha value is -1.09. The second kappa shape index (κ2) is 5.50. The Kier molecular flexibility index (Phi) is 4.00. The minimum absolute atomic E-state index is 0.566. The van der Waals surface area contributed by atoms with Gasteiger partial charge in [0.2, 0.25) is 0 Å². The van der Waals surface area contributed by atoms with E-state index in [9.17, 15) is 0 Å². The number of rotatable bonds is 3. The highest BCUT2D eigenvalue weighted by Crippen LogP contribution is 2.32. The number of aryl methyl sites for hydroxylation is 1. The monoisotopic (exact) mass is 281 g/mol. The lowest BCUT2D eigenvalue weighted by atomic mass is 10.2. The number of nitriles is 1. The van der Waals surface area contributed by atoms with E-state index < -0.39 is 0 Å². The number of hydrogen-bond acceptors (Lipinski definition) is 5. The Labute approximate surface area is 113 Å². The van der Waals surface area contributed by atoms with Crippen molar-refractivity contribution >= 4 is 34.9 Å². The number of halogens is 1. The van der Waals surface area contributed by atoms with Crippen LogP contribution in [0.15, 0.2) is 27.4 Å². The van der Waals surface area contributed by atoms with E-state index in [0.29, 0.717) is 10.6 Å². The molecule has 0 aliphatic heterocycles. The minimum atomic E-state index is 0.566. The van der Waals surface area contributed by atoms with Crippen molar-refractivity contribution in [2.45, 2.75) is 22.6 Å². The predicted octanol–water partition coefficient (Wildman–Crippen LogP) is 3.78. The van der Waals surface area contributed by atoms with Gasteiger partial charge in [-0.25, -0.2) is 4.98 Å². The summed E-state index contributed by atoms with van der Waals surface area (Å²) in [5.74, 6) is 0.838. The summed E-state index contributed by atoms with van der Waals surface area (Å²) < 4.78 is 5.05. The quantitative estimate of drug-likeness (QED) is 0.859. The van der Waals surface area contributed by atoms with E-state index in [4.69, 9.17) is 16.9 Å². The molecule has 0 fully saturated rings. The van der Waals surface area contributed by atoms with Crippen LogP contribution in [-0.4, -0.2) is 9.36 Å². The van der Waals surface area contributed by atoms with Crippen molar-refractivity contribution in [2.75, 3.05) is 0 Å². The van der Waals surface area contributed by atoms with Crippen molar-refractivity contribution in [3.8, 4) is 6.07 Å². The molecule has 1 aromatic heterocycles. The molecular formula is C11H8ClN3S2. The fraction of sp³-hybridized carbons (Fsp3) is 0.182. The molecule has 86 valence electrons. The lowest BCUT2D eigenvalue weighted by Crippen LogP contribution is -1.83. The first-order chi connectivity index (χ1) is 8.22. The molecule has 0 saturated carbocycles. The normalized spacial score (nSPS) is 10.2. The van der Waals surface area contributed by atoms with Gasteiger partial charge in [0.25, 0.3) is 0 Å². The first kappa shape index (κ1) is 12.4. The summed E-state index contributed by atoms with van der Waals surface area (Å²) in [6.07, 6.45) is 0.822. The second-order valence-electron chi connectivity index (χ2n) is 3.18. The average Bonchev–Trinajstić information content (AvgIpc) is 2.79. The van der Waals surface area contributed by atoms with Crippen LogP contribution < -0.4 is 0 Å². The molecule has 0 aliphatic rings. The molecule has 2 aromatic rings. The predicted molar refractivity (Wildman–Crippen MR) is 69.6 cm³/mol. The third-order valence-electron chi connectivity index (χ3n) is 2.03. The third kappa shape index (κ3) is 2.97. The van der Waals surface area contributed by atoms with E-state index >= 15 is 0 Å². The zero-order valence-electron chi connectivity index (χ0n) is 8.98. The lowest BCUT2D eigenvalue weighted by Gasteiger charge is -2.00. The molecule has 0 bridgehead atoms.